The Morgan fingerprint density at radius 1 is 1.27 bits per heavy atom. The maximum Gasteiger partial charge on any atom is 0.261 e. The summed E-state index contributed by atoms with van der Waals surface area (Å²) in [6.45, 7) is 4.29. The first-order valence-electron chi connectivity index (χ1n) is 8.57. The first-order chi connectivity index (χ1) is 12.4. The van der Waals surface area contributed by atoms with E-state index < -0.39 is 9.84 Å². The number of nitrogens with zero attached hydrogens (tertiary/aromatic N) is 1. The molecule has 7 heteroatoms. The van der Waals surface area contributed by atoms with Crippen LogP contribution in [0.2, 0.25) is 0 Å². The molecular formula is C19H23NO4S2. The summed E-state index contributed by atoms with van der Waals surface area (Å²) >= 11 is 1.56. The molecule has 5 nitrogen and oxygen atoms in total. The first-order valence-corrected chi connectivity index (χ1v) is 11.3. The molecule has 2 heterocycles. The summed E-state index contributed by atoms with van der Waals surface area (Å²) in [6, 6.07) is 9.35. The van der Waals surface area contributed by atoms with E-state index in [1.807, 2.05) is 49.6 Å². The quantitative estimate of drug-likeness (QED) is 0.757. The molecule has 1 aliphatic rings. The van der Waals surface area contributed by atoms with Crippen LogP contribution < -0.4 is 4.74 Å². The molecule has 26 heavy (non-hydrogen) atoms. The van der Waals surface area contributed by atoms with Gasteiger partial charge in [-0.3, -0.25) is 4.79 Å². The van der Waals surface area contributed by atoms with E-state index in [0.29, 0.717) is 18.7 Å². The first kappa shape index (κ1) is 18.9. The minimum Gasteiger partial charge on any atom is -0.483 e. The monoisotopic (exact) mass is 393 g/mol. The lowest BCUT2D eigenvalue weighted by Gasteiger charge is -2.28. The summed E-state index contributed by atoms with van der Waals surface area (Å²) in [5.74, 6) is 0.687. The fourth-order valence-electron chi connectivity index (χ4n) is 3.12. The third kappa shape index (κ3) is 4.45. The molecule has 1 saturated heterocycles. The number of ether oxygens (including phenoxy) is 1. The number of sulfone groups is 1. The maximum absolute atomic E-state index is 12.8. The van der Waals surface area contributed by atoms with E-state index in [4.69, 9.17) is 4.74 Å². The van der Waals surface area contributed by atoms with Crippen LogP contribution in [0.4, 0.5) is 0 Å². The molecule has 1 atom stereocenters. The average molecular weight is 394 g/mol. The number of carbonyl (C=O) groups is 1. The average Bonchev–Trinajstić information content (AvgIpc) is 3.23. The van der Waals surface area contributed by atoms with Crippen LogP contribution in [0.25, 0.3) is 0 Å². The largest absolute Gasteiger partial charge is 0.483 e. The van der Waals surface area contributed by atoms with E-state index in [2.05, 4.69) is 0 Å². The molecule has 140 valence electrons. The van der Waals surface area contributed by atoms with Gasteiger partial charge in [-0.05, 0) is 48.9 Å². The standard InChI is InChI=1S/C19H23NO4S2/c1-14-5-3-7-18(15(14)2)24-12-19(21)20(11-17-6-4-9-25-17)16-8-10-26(22,23)13-16/h3-7,9,16H,8,10-13H2,1-2H3/t16-/m0/s1. The van der Waals surface area contributed by atoms with Gasteiger partial charge in [-0.2, -0.15) is 0 Å². The van der Waals surface area contributed by atoms with E-state index >= 15 is 0 Å². The Morgan fingerprint density at radius 2 is 2.08 bits per heavy atom. The minimum atomic E-state index is -3.06. The lowest BCUT2D eigenvalue weighted by atomic mass is 10.1. The number of thiophene rings is 1. The molecule has 0 radical (unpaired) electrons. The van der Waals surface area contributed by atoms with E-state index in [1.54, 1.807) is 16.2 Å². The van der Waals surface area contributed by atoms with Crippen molar-refractivity contribution in [1.29, 1.82) is 0 Å². The number of rotatable bonds is 6. The van der Waals surface area contributed by atoms with Crippen molar-refractivity contribution in [2.24, 2.45) is 0 Å². The van der Waals surface area contributed by atoms with Crippen LogP contribution in [0.5, 0.6) is 5.75 Å². The van der Waals surface area contributed by atoms with Gasteiger partial charge in [0.2, 0.25) is 0 Å². The molecule has 0 aliphatic carbocycles. The summed E-state index contributed by atoms with van der Waals surface area (Å²) in [6.07, 6.45) is 0.489. The van der Waals surface area contributed by atoms with Gasteiger partial charge >= 0.3 is 0 Å². The van der Waals surface area contributed by atoms with Gasteiger partial charge in [0.25, 0.3) is 5.91 Å². The molecule has 1 aromatic heterocycles. The fraction of sp³-hybridized carbons (Fsp3) is 0.421. The van der Waals surface area contributed by atoms with Crippen LogP contribution in [0.3, 0.4) is 0 Å². The molecule has 0 spiro atoms. The lowest BCUT2D eigenvalue weighted by Crippen LogP contribution is -2.42. The van der Waals surface area contributed by atoms with Crippen molar-refractivity contribution in [2.75, 3.05) is 18.1 Å². The van der Waals surface area contributed by atoms with Gasteiger partial charge < -0.3 is 9.64 Å². The fourth-order valence-corrected chi connectivity index (χ4v) is 5.55. The Hall–Kier alpha value is -1.86. The third-order valence-electron chi connectivity index (χ3n) is 4.78. The Kier molecular flexibility index (Phi) is 5.67. The number of aryl methyl sites for hydroxylation is 1. The summed E-state index contributed by atoms with van der Waals surface area (Å²) in [5, 5.41) is 1.95. The predicted molar refractivity (Wildman–Crippen MR) is 103 cm³/mol. The van der Waals surface area contributed by atoms with Crippen molar-refractivity contribution >= 4 is 27.1 Å². The van der Waals surface area contributed by atoms with Crippen LogP contribution in [0.1, 0.15) is 22.4 Å². The van der Waals surface area contributed by atoms with Crippen molar-refractivity contribution in [2.45, 2.75) is 32.9 Å². The molecule has 0 saturated carbocycles. The van der Waals surface area contributed by atoms with Crippen molar-refractivity contribution in [3.8, 4) is 5.75 Å². The van der Waals surface area contributed by atoms with Crippen LogP contribution in [-0.4, -0.2) is 43.4 Å². The van der Waals surface area contributed by atoms with Crippen molar-refractivity contribution in [3.05, 3.63) is 51.7 Å². The second-order valence-corrected chi connectivity index (χ2v) is 9.91. The Balaban J connectivity index is 1.73. The van der Waals surface area contributed by atoms with Gasteiger partial charge in [-0.25, -0.2) is 8.42 Å². The highest BCUT2D eigenvalue weighted by atomic mass is 32.2. The Labute approximate surface area is 158 Å². The maximum atomic E-state index is 12.8. The molecule has 3 rings (SSSR count). The highest BCUT2D eigenvalue weighted by Crippen LogP contribution is 2.24. The normalized spacial score (nSPS) is 18.6. The van der Waals surface area contributed by atoms with Crippen LogP contribution in [-0.2, 0) is 21.2 Å². The van der Waals surface area contributed by atoms with Crippen molar-refractivity contribution in [3.63, 3.8) is 0 Å². The SMILES string of the molecule is Cc1cccc(OCC(=O)N(Cc2cccs2)[C@H]2CCS(=O)(=O)C2)c1C. The lowest BCUT2D eigenvalue weighted by molar-refractivity contribution is -0.135. The molecule has 0 unspecified atom stereocenters. The van der Waals surface area contributed by atoms with Gasteiger partial charge in [0.1, 0.15) is 5.75 Å². The molecule has 0 N–H and O–H groups in total. The summed E-state index contributed by atoms with van der Waals surface area (Å²) in [5.41, 5.74) is 2.11. The van der Waals surface area contributed by atoms with E-state index in [0.717, 1.165) is 16.0 Å². The van der Waals surface area contributed by atoms with Gasteiger partial charge in [0.05, 0.1) is 18.1 Å². The third-order valence-corrected chi connectivity index (χ3v) is 7.39. The molecule has 1 amide bonds. The van der Waals surface area contributed by atoms with Gasteiger partial charge in [0, 0.05) is 10.9 Å². The van der Waals surface area contributed by atoms with Crippen LogP contribution in [0, 0.1) is 13.8 Å². The van der Waals surface area contributed by atoms with Gasteiger partial charge in [-0.15, -0.1) is 11.3 Å². The predicted octanol–water partition coefficient (Wildman–Crippen LogP) is 2.96. The summed E-state index contributed by atoms with van der Waals surface area (Å²) in [7, 11) is -3.06. The Morgan fingerprint density at radius 3 is 2.73 bits per heavy atom. The number of hydrogen-bond donors (Lipinski definition) is 0. The number of carbonyl (C=O) groups excluding carboxylic acids is 1. The van der Waals surface area contributed by atoms with Crippen LogP contribution >= 0.6 is 11.3 Å². The zero-order valence-electron chi connectivity index (χ0n) is 15.0. The summed E-state index contributed by atoms with van der Waals surface area (Å²) < 4.78 is 29.5. The molecule has 1 aliphatic heterocycles. The van der Waals surface area contributed by atoms with Crippen molar-refractivity contribution < 1.29 is 17.9 Å². The molecule has 0 bridgehead atoms. The van der Waals surface area contributed by atoms with Gasteiger partial charge in [-0.1, -0.05) is 18.2 Å². The number of amides is 1. The van der Waals surface area contributed by atoms with E-state index in [9.17, 15) is 13.2 Å². The Bertz CT molecular complexity index is 875. The highest BCUT2D eigenvalue weighted by Gasteiger charge is 2.35. The van der Waals surface area contributed by atoms with Crippen LogP contribution in [0.15, 0.2) is 35.7 Å². The van der Waals surface area contributed by atoms with E-state index in [1.165, 1.54) is 0 Å². The van der Waals surface area contributed by atoms with E-state index in [-0.39, 0.29) is 30.1 Å². The molecule has 2 aromatic rings. The molecular weight excluding hydrogens is 370 g/mol. The molecule has 1 aromatic carbocycles. The number of benzene rings is 1. The summed E-state index contributed by atoms with van der Waals surface area (Å²) in [4.78, 5) is 15.6. The minimum absolute atomic E-state index is 0.0353. The number of hydrogen-bond acceptors (Lipinski definition) is 5. The smallest absolute Gasteiger partial charge is 0.261 e. The van der Waals surface area contributed by atoms with Gasteiger partial charge in [0.15, 0.2) is 16.4 Å². The zero-order valence-corrected chi connectivity index (χ0v) is 16.6. The second kappa shape index (κ2) is 7.80. The highest BCUT2D eigenvalue weighted by molar-refractivity contribution is 7.91. The topological polar surface area (TPSA) is 63.7 Å². The van der Waals surface area contributed by atoms with Crippen molar-refractivity contribution in [1.82, 2.24) is 4.90 Å². The second-order valence-electron chi connectivity index (χ2n) is 6.64. The zero-order chi connectivity index (χ0) is 18.7. The molecule has 1 fully saturated rings.